The van der Waals surface area contributed by atoms with Crippen LogP contribution in [0.1, 0.15) is 22.5 Å². The van der Waals surface area contributed by atoms with Gasteiger partial charge in [0.25, 0.3) is 11.4 Å². The Hall–Kier alpha value is -6.05. The van der Waals surface area contributed by atoms with Gasteiger partial charge in [-0.05, 0) is 107 Å². The fourth-order valence-corrected chi connectivity index (χ4v) is 9.22. The van der Waals surface area contributed by atoms with E-state index in [0.717, 1.165) is 21.1 Å². The monoisotopic (exact) mass is 884 g/mol. The van der Waals surface area contributed by atoms with Crippen LogP contribution in [-0.2, 0) is 9.84 Å². The third-order valence-corrected chi connectivity index (χ3v) is 12.3. The number of pyridine rings is 2. The molecule has 0 saturated heterocycles. The molecule has 55 heavy (non-hydrogen) atoms. The zero-order valence-electron chi connectivity index (χ0n) is 29.2. The molecule has 0 spiro atoms. The van der Waals surface area contributed by atoms with Gasteiger partial charge in [0, 0.05) is 58.0 Å². The van der Waals surface area contributed by atoms with E-state index in [4.69, 9.17) is 10.2 Å². The molecule has 0 amide bonds. The molecule has 0 fully saturated rings. The van der Waals surface area contributed by atoms with E-state index in [9.17, 15) is 28.6 Å². The molecular weight excluding hydrogens is 860 g/mol. The number of hydrogen-bond acceptors (Lipinski definition) is 10. The number of aromatic nitrogens is 8. The summed E-state index contributed by atoms with van der Waals surface area (Å²) < 4.78 is 37.4. The van der Waals surface area contributed by atoms with E-state index < -0.39 is 40.8 Å². The molecule has 2 aromatic carbocycles. The van der Waals surface area contributed by atoms with Gasteiger partial charge in [-0.25, -0.2) is 27.7 Å². The van der Waals surface area contributed by atoms with Crippen molar-refractivity contribution in [3.8, 4) is 34.2 Å². The van der Waals surface area contributed by atoms with Crippen LogP contribution < -0.4 is 0 Å². The van der Waals surface area contributed by atoms with Crippen molar-refractivity contribution in [2.24, 2.45) is 0 Å². The fraction of sp³-hybridized carbons (Fsp3) is 0.111. The molecule has 8 aromatic rings. The van der Waals surface area contributed by atoms with E-state index >= 15 is 0 Å². The molecule has 276 valence electrons. The predicted molar refractivity (Wildman–Crippen MR) is 209 cm³/mol. The summed E-state index contributed by atoms with van der Waals surface area (Å²) in [4.78, 5) is 31.5. The van der Waals surface area contributed by atoms with Gasteiger partial charge in [-0.15, -0.1) is 0 Å². The van der Waals surface area contributed by atoms with Crippen LogP contribution in [0.15, 0.2) is 104 Å². The summed E-state index contributed by atoms with van der Waals surface area (Å²) in [5.74, 6) is 0. The molecule has 16 nitrogen and oxygen atoms in total. The molecule has 6 aromatic heterocycles. The Morgan fingerprint density at radius 2 is 1.02 bits per heavy atom. The number of halogens is 2. The van der Waals surface area contributed by atoms with Crippen molar-refractivity contribution in [1.82, 2.24) is 38.3 Å². The van der Waals surface area contributed by atoms with Gasteiger partial charge in [0.1, 0.15) is 22.7 Å². The summed E-state index contributed by atoms with van der Waals surface area (Å²) in [5, 5.41) is 33.9. The SMILES string of the molecule is Cc1nc2ccc(Br)cn2c1-c1ccn(-c2cc([N+](=O)[O-])cc(S(=O)(=O)c3cc([N+](=O)[O-])cc(-n4ccc(-c5c(C)nc6ccc(Br)cn56)n4)c3C)c2C)n1. The van der Waals surface area contributed by atoms with Crippen molar-refractivity contribution in [3.05, 3.63) is 137 Å². The fourth-order valence-electron chi connectivity index (χ4n) is 6.74. The maximum Gasteiger partial charge on any atom is 0.272 e. The van der Waals surface area contributed by atoms with Crippen LogP contribution in [0.2, 0.25) is 0 Å². The number of rotatable bonds is 8. The Morgan fingerprint density at radius 1 is 0.618 bits per heavy atom. The second-order valence-corrected chi connectivity index (χ2v) is 16.4. The maximum absolute atomic E-state index is 14.7. The number of nitro groups is 2. The number of benzene rings is 2. The first-order valence-corrected chi connectivity index (χ1v) is 19.4. The number of nitrogens with zero attached hydrogens (tertiary/aromatic N) is 10. The average molecular weight is 887 g/mol. The molecule has 0 radical (unpaired) electrons. The highest BCUT2D eigenvalue weighted by molar-refractivity contribution is 9.10. The number of aryl methyl sites for hydroxylation is 2. The lowest BCUT2D eigenvalue weighted by atomic mass is 10.1. The minimum atomic E-state index is -4.66. The summed E-state index contributed by atoms with van der Waals surface area (Å²) in [6, 6.07) is 15.2. The molecule has 0 atom stereocenters. The van der Waals surface area contributed by atoms with Gasteiger partial charge in [-0.3, -0.25) is 29.0 Å². The van der Waals surface area contributed by atoms with Crippen LogP contribution in [0.3, 0.4) is 0 Å². The Balaban J connectivity index is 1.26. The van der Waals surface area contributed by atoms with E-state index in [1.807, 2.05) is 59.3 Å². The van der Waals surface area contributed by atoms with Gasteiger partial charge >= 0.3 is 0 Å². The van der Waals surface area contributed by atoms with E-state index in [-0.39, 0.29) is 22.5 Å². The third kappa shape index (κ3) is 6.00. The van der Waals surface area contributed by atoms with Crippen molar-refractivity contribution in [1.29, 1.82) is 0 Å². The Morgan fingerprint density at radius 3 is 1.40 bits per heavy atom. The molecule has 6 heterocycles. The molecule has 0 unspecified atom stereocenters. The van der Waals surface area contributed by atoms with E-state index in [0.29, 0.717) is 45.5 Å². The van der Waals surface area contributed by atoms with Crippen molar-refractivity contribution in [3.63, 3.8) is 0 Å². The molecule has 0 saturated carbocycles. The molecule has 0 bridgehead atoms. The van der Waals surface area contributed by atoms with Crippen molar-refractivity contribution >= 4 is 64.4 Å². The quantitative estimate of drug-likeness (QED) is 0.106. The number of sulfone groups is 1. The summed E-state index contributed by atoms with van der Waals surface area (Å²) in [5.41, 5.74) is 4.58. The van der Waals surface area contributed by atoms with Gasteiger partial charge < -0.3 is 0 Å². The normalized spacial score (nSPS) is 11.9. The third-order valence-electron chi connectivity index (χ3n) is 9.31. The van der Waals surface area contributed by atoms with E-state index in [1.165, 1.54) is 35.3 Å². The summed E-state index contributed by atoms with van der Waals surface area (Å²) >= 11 is 6.96. The average Bonchev–Trinajstić information content (AvgIpc) is 3.93. The lowest BCUT2D eigenvalue weighted by Crippen LogP contribution is -2.12. The number of non-ortho nitro benzene ring substituents is 2. The van der Waals surface area contributed by atoms with Crippen molar-refractivity contribution in [2.75, 3.05) is 0 Å². The second-order valence-electron chi connectivity index (χ2n) is 12.7. The number of imidazole rings is 2. The Kier molecular flexibility index (Phi) is 8.54. The standard InChI is InChI=1S/C36H26Br2N10O6S/c1-19-29(45-11-9-27(41-45)35-21(3)39-33-7-5-23(37)17-43(33)35)13-25(47(49)50)15-31(19)55(53,54)32-16-26(48(51)52)14-30(20(32)2)46-12-10-28(42-46)36-22(4)40-34-8-6-24(38)18-44(34)36/h5-18H,1-4H3. The van der Waals surface area contributed by atoms with Gasteiger partial charge in [-0.2, -0.15) is 10.2 Å². The highest BCUT2D eigenvalue weighted by Gasteiger charge is 2.31. The first-order chi connectivity index (χ1) is 26.1. The molecular formula is C36H26Br2N10O6S. The first-order valence-electron chi connectivity index (χ1n) is 16.4. The summed E-state index contributed by atoms with van der Waals surface area (Å²) in [7, 11) is -4.66. The van der Waals surface area contributed by atoms with Gasteiger partial charge in [-0.1, -0.05) is 0 Å². The van der Waals surface area contributed by atoms with Crippen LogP contribution >= 0.6 is 31.9 Å². The smallest absolute Gasteiger partial charge is 0.272 e. The predicted octanol–water partition coefficient (Wildman–Crippen LogP) is 8.10. The lowest BCUT2D eigenvalue weighted by molar-refractivity contribution is -0.385. The molecule has 0 aliphatic carbocycles. The molecule has 19 heteroatoms. The number of fused-ring (bicyclic) bond motifs is 2. The van der Waals surface area contributed by atoms with Gasteiger partial charge in [0.05, 0.1) is 53.8 Å². The highest BCUT2D eigenvalue weighted by atomic mass is 79.9. The zero-order chi connectivity index (χ0) is 39.1. The first kappa shape index (κ1) is 36.0. The van der Waals surface area contributed by atoms with Crippen molar-refractivity contribution in [2.45, 2.75) is 37.5 Å². The van der Waals surface area contributed by atoms with E-state index in [1.54, 1.807) is 24.5 Å². The van der Waals surface area contributed by atoms with Gasteiger partial charge in [0.2, 0.25) is 9.84 Å². The topological polar surface area (TPSA) is 191 Å². The molecule has 0 aliphatic rings. The Labute approximate surface area is 328 Å². The number of hydrogen-bond donors (Lipinski definition) is 0. The minimum Gasteiger partial charge on any atom is -0.297 e. The number of nitro benzene ring substituents is 2. The molecule has 8 rings (SSSR count). The van der Waals surface area contributed by atoms with Gasteiger partial charge in [0.15, 0.2) is 0 Å². The minimum absolute atomic E-state index is 0.127. The highest BCUT2D eigenvalue weighted by Crippen LogP contribution is 2.37. The van der Waals surface area contributed by atoms with Crippen LogP contribution in [0.5, 0.6) is 0 Å². The summed E-state index contributed by atoms with van der Waals surface area (Å²) in [6.07, 6.45) is 6.83. The van der Waals surface area contributed by atoms with Crippen LogP contribution in [0, 0.1) is 47.9 Å². The second kappa shape index (κ2) is 13.1. The summed E-state index contributed by atoms with van der Waals surface area (Å²) in [6.45, 7) is 6.68. The van der Waals surface area contributed by atoms with Crippen molar-refractivity contribution < 1.29 is 18.3 Å². The van der Waals surface area contributed by atoms with Crippen LogP contribution in [0.25, 0.3) is 45.4 Å². The largest absolute Gasteiger partial charge is 0.297 e. The Bertz CT molecular complexity index is 2860. The lowest BCUT2D eigenvalue weighted by Gasteiger charge is -2.16. The molecule has 0 aliphatic heterocycles. The zero-order valence-corrected chi connectivity index (χ0v) is 33.2. The van der Waals surface area contributed by atoms with Crippen LogP contribution in [-0.4, -0.2) is 56.6 Å². The molecule has 0 N–H and O–H groups in total. The maximum atomic E-state index is 14.7. The van der Waals surface area contributed by atoms with Crippen LogP contribution in [0.4, 0.5) is 11.4 Å². The van der Waals surface area contributed by atoms with E-state index in [2.05, 4.69) is 41.8 Å².